The van der Waals surface area contributed by atoms with Crippen molar-refractivity contribution in [1.82, 2.24) is 19.8 Å². The summed E-state index contributed by atoms with van der Waals surface area (Å²) < 4.78 is 20.6. The van der Waals surface area contributed by atoms with Crippen LogP contribution in [0.1, 0.15) is 18.0 Å². The van der Waals surface area contributed by atoms with E-state index >= 15 is 0 Å². The molecule has 4 rings (SSSR count). The molecule has 2 N–H and O–H groups in total. The zero-order valence-corrected chi connectivity index (χ0v) is 17.6. The van der Waals surface area contributed by atoms with Crippen LogP contribution in [0, 0.1) is 5.82 Å². The molecule has 0 bridgehead atoms. The Labute approximate surface area is 183 Å². The third-order valence-electron chi connectivity index (χ3n) is 5.68. The summed E-state index contributed by atoms with van der Waals surface area (Å²) in [6, 6.07) is 13.0. The number of halogens is 1. The molecule has 1 atom stereocenters. The van der Waals surface area contributed by atoms with Crippen LogP contribution in [0.25, 0.3) is 10.9 Å². The molecule has 1 aromatic heterocycles. The van der Waals surface area contributed by atoms with Gasteiger partial charge in [0.1, 0.15) is 5.82 Å². The van der Waals surface area contributed by atoms with Gasteiger partial charge < -0.3 is 10.1 Å². The molecule has 9 heteroatoms. The van der Waals surface area contributed by atoms with Gasteiger partial charge in [-0.1, -0.05) is 24.3 Å². The Bertz CT molecular complexity index is 1220. The van der Waals surface area contributed by atoms with Crippen LogP contribution in [-0.4, -0.2) is 53.2 Å². The van der Waals surface area contributed by atoms with E-state index in [-0.39, 0.29) is 30.7 Å². The zero-order chi connectivity index (χ0) is 22.5. The van der Waals surface area contributed by atoms with Gasteiger partial charge in [0.15, 0.2) is 0 Å². The summed E-state index contributed by atoms with van der Waals surface area (Å²) in [6.07, 6.45) is 0.0644. The summed E-state index contributed by atoms with van der Waals surface area (Å²) in [6.45, 7) is 2.99. The average Bonchev–Trinajstić information content (AvgIpc) is 2.80. The lowest BCUT2D eigenvalue weighted by molar-refractivity contribution is -0.121. The molecule has 3 aromatic rings. The highest BCUT2D eigenvalue weighted by molar-refractivity contribution is 5.78. The van der Waals surface area contributed by atoms with Gasteiger partial charge in [0, 0.05) is 32.6 Å². The van der Waals surface area contributed by atoms with Gasteiger partial charge in [-0.3, -0.25) is 24.0 Å². The molecule has 0 aliphatic carbocycles. The van der Waals surface area contributed by atoms with Gasteiger partial charge in [-0.2, -0.15) is 0 Å². The van der Waals surface area contributed by atoms with Crippen LogP contribution in [0.4, 0.5) is 4.39 Å². The maximum absolute atomic E-state index is 13.8. The van der Waals surface area contributed by atoms with Crippen molar-refractivity contribution in [3.05, 3.63) is 80.7 Å². The second-order valence-electron chi connectivity index (χ2n) is 7.70. The summed E-state index contributed by atoms with van der Waals surface area (Å²) >= 11 is 0. The van der Waals surface area contributed by atoms with Crippen molar-refractivity contribution in [2.75, 3.05) is 32.8 Å². The summed E-state index contributed by atoms with van der Waals surface area (Å²) in [7, 11) is 0. The first-order valence-electron chi connectivity index (χ1n) is 10.6. The van der Waals surface area contributed by atoms with E-state index in [4.69, 9.17) is 4.74 Å². The molecule has 0 radical (unpaired) electrons. The molecule has 1 saturated heterocycles. The fourth-order valence-corrected chi connectivity index (χ4v) is 4.04. The minimum atomic E-state index is -0.549. The van der Waals surface area contributed by atoms with Gasteiger partial charge in [-0.05, 0) is 29.8 Å². The fraction of sp³-hybridized carbons (Fsp3) is 0.348. The molecule has 0 saturated carbocycles. The van der Waals surface area contributed by atoms with Crippen molar-refractivity contribution in [2.45, 2.75) is 19.0 Å². The van der Waals surface area contributed by atoms with Gasteiger partial charge >= 0.3 is 5.69 Å². The number of nitrogens with zero attached hydrogens (tertiary/aromatic N) is 2. The second kappa shape index (κ2) is 9.88. The molecule has 0 spiro atoms. The summed E-state index contributed by atoms with van der Waals surface area (Å²) in [4.78, 5) is 41.3. The second-order valence-corrected chi connectivity index (χ2v) is 7.70. The highest BCUT2D eigenvalue weighted by Crippen LogP contribution is 2.22. The van der Waals surface area contributed by atoms with E-state index in [1.165, 1.54) is 16.7 Å². The van der Waals surface area contributed by atoms with Crippen molar-refractivity contribution in [3.63, 3.8) is 0 Å². The lowest BCUT2D eigenvalue weighted by Crippen LogP contribution is -2.44. The normalized spacial score (nSPS) is 15.5. The predicted octanol–water partition coefficient (Wildman–Crippen LogP) is 1.41. The van der Waals surface area contributed by atoms with Crippen molar-refractivity contribution in [3.8, 4) is 0 Å². The Morgan fingerprint density at radius 2 is 1.91 bits per heavy atom. The number of amides is 1. The summed E-state index contributed by atoms with van der Waals surface area (Å²) in [5, 5.41) is 3.31. The molecule has 1 aliphatic rings. The number of morpholine rings is 1. The van der Waals surface area contributed by atoms with Crippen molar-refractivity contribution < 1.29 is 13.9 Å². The minimum absolute atomic E-state index is 0.0644. The number of carbonyl (C=O) groups is 1. The predicted molar refractivity (Wildman–Crippen MR) is 118 cm³/mol. The van der Waals surface area contributed by atoms with Crippen LogP contribution in [0.5, 0.6) is 0 Å². The zero-order valence-electron chi connectivity index (χ0n) is 17.6. The summed E-state index contributed by atoms with van der Waals surface area (Å²) in [5.41, 5.74) is 0.275. The molecular formula is C23H25FN4O4. The maximum atomic E-state index is 13.8. The standard InChI is InChI=1S/C23H25FN4O4/c24-17-5-3-4-16(14-17)20(27-10-12-32-13-11-27)15-25-21(29)8-9-28-19-7-2-1-6-18(19)22(30)26-23(28)31/h1-7,14,20H,8-13,15H2,(H,25,29)(H,26,30,31). The largest absolute Gasteiger partial charge is 0.379 e. The Morgan fingerprint density at radius 3 is 2.69 bits per heavy atom. The smallest absolute Gasteiger partial charge is 0.328 e. The van der Waals surface area contributed by atoms with Gasteiger partial charge in [0.2, 0.25) is 5.91 Å². The lowest BCUT2D eigenvalue weighted by atomic mass is 10.0. The fourth-order valence-electron chi connectivity index (χ4n) is 4.04. The van der Waals surface area contributed by atoms with E-state index in [0.29, 0.717) is 43.8 Å². The summed E-state index contributed by atoms with van der Waals surface area (Å²) in [5.74, 6) is -0.557. The first kappa shape index (κ1) is 21.9. The number of benzene rings is 2. The van der Waals surface area contributed by atoms with Crippen molar-refractivity contribution in [1.29, 1.82) is 0 Å². The number of para-hydroxylation sites is 1. The van der Waals surface area contributed by atoms with Crippen LogP contribution in [0.2, 0.25) is 0 Å². The number of aryl methyl sites for hydroxylation is 1. The minimum Gasteiger partial charge on any atom is -0.379 e. The number of ether oxygens (including phenoxy) is 1. The molecule has 168 valence electrons. The maximum Gasteiger partial charge on any atom is 0.328 e. The van der Waals surface area contributed by atoms with Crippen LogP contribution in [-0.2, 0) is 16.1 Å². The number of carbonyl (C=O) groups excluding carboxylic acids is 1. The number of hydrogen-bond acceptors (Lipinski definition) is 5. The monoisotopic (exact) mass is 440 g/mol. The highest BCUT2D eigenvalue weighted by atomic mass is 19.1. The number of hydrogen-bond donors (Lipinski definition) is 2. The van der Waals surface area contributed by atoms with Crippen LogP contribution >= 0.6 is 0 Å². The van der Waals surface area contributed by atoms with E-state index in [1.54, 1.807) is 30.3 Å². The van der Waals surface area contributed by atoms with Crippen LogP contribution < -0.4 is 16.6 Å². The Hall–Kier alpha value is -3.30. The Balaban J connectivity index is 1.45. The first-order chi connectivity index (χ1) is 15.5. The van der Waals surface area contributed by atoms with Crippen molar-refractivity contribution in [2.24, 2.45) is 0 Å². The van der Waals surface area contributed by atoms with Gasteiger partial charge in [0.05, 0.1) is 30.2 Å². The quantitative estimate of drug-likeness (QED) is 0.579. The average molecular weight is 440 g/mol. The van der Waals surface area contributed by atoms with Crippen molar-refractivity contribution >= 4 is 16.8 Å². The molecule has 1 amide bonds. The molecule has 2 aromatic carbocycles. The number of aromatic nitrogens is 2. The van der Waals surface area contributed by atoms with Gasteiger partial charge in [-0.15, -0.1) is 0 Å². The number of aromatic amines is 1. The van der Waals surface area contributed by atoms with E-state index in [1.807, 2.05) is 6.07 Å². The highest BCUT2D eigenvalue weighted by Gasteiger charge is 2.23. The third kappa shape index (κ3) is 4.95. The SMILES string of the molecule is O=C(CCn1c(=O)[nH]c(=O)c2ccccc21)NCC(c1cccc(F)c1)N1CCOCC1. The number of H-pyrrole nitrogens is 1. The van der Waals surface area contributed by atoms with Gasteiger partial charge in [-0.25, -0.2) is 9.18 Å². The number of fused-ring (bicyclic) bond motifs is 1. The van der Waals surface area contributed by atoms with E-state index in [2.05, 4.69) is 15.2 Å². The molecule has 32 heavy (non-hydrogen) atoms. The number of rotatable bonds is 7. The number of nitrogens with one attached hydrogen (secondary N) is 2. The van der Waals surface area contributed by atoms with Gasteiger partial charge in [0.25, 0.3) is 5.56 Å². The topological polar surface area (TPSA) is 96.4 Å². The Morgan fingerprint density at radius 1 is 1.12 bits per heavy atom. The van der Waals surface area contributed by atoms with Crippen LogP contribution in [0.15, 0.2) is 58.1 Å². The van der Waals surface area contributed by atoms with E-state index in [0.717, 1.165) is 5.56 Å². The molecule has 8 nitrogen and oxygen atoms in total. The Kier molecular flexibility index (Phi) is 6.77. The van der Waals surface area contributed by atoms with Crippen LogP contribution in [0.3, 0.4) is 0 Å². The first-order valence-corrected chi connectivity index (χ1v) is 10.6. The van der Waals surface area contributed by atoms with E-state index < -0.39 is 11.2 Å². The molecule has 1 unspecified atom stereocenters. The third-order valence-corrected chi connectivity index (χ3v) is 5.68. The molecule has 1 fully saturated rings. The molecular weight excluding hydrogens is 415 g/mol. The lowest BCUT2D eigenvalue weighted by Gasteiger charge is -2.35. The van der Waals surface area contributed by atoms with E-state index in [9.17, 15) is 18.8 Å². The molecule has 2 heterocycles. The molecule has 1 aliphatic heterocycles.